The van der Waals surface area contributed by atoms with Crippen LogP contribution in [-0.2, 0) is 14.3 Å². The first-order valence-electron chi connectivity index (χ1n) is 11.2. The lowest BCUT2D eigenvalue weighted by Crippen LogP contribution is -2.37. The number of thioether (sulfide) groups is 1. The molecule has 2 heterocycles. The minimum absolute atomic E-state index is 0.00132. The molecule has 0 spiro atoms. The van der Waals surface area contributed by atoms with Gasteiger partial charge in [0.15, 0.2) is 5.17 Å². The van der Waals surface area contributed by atoms with Crippen molar-refractivity contribution in [2.24, 2.45) is 4.99 Å². The number of carbonyl (C=O) groups is 2. The van der Waals surface area contributed by atoms with Gasteiger partial charge in [-0.1, -0.05) is 11.8 Å². The van der Waals surface area contributed by atoms with Gasteiger partial charge in [0.2, 0.25) is 5.91 Å². The maximum absolute atomic E-state index is 13.2. The summed E-state index contributed by atoms with van der Waals surface area (Å²) in [6.07, 6.45) is 0.00132. The number of fused-ring (bicyclic) bond motifs is 1. The fourth-order valence-electron chi connectivity index (χ4n) is 4.09. The first-order chi connectivity index (χ1) is 17.4. The SMILES string of the molecule is CCOC(=O)C1=C(C)N=C2SC=C(CC(=O)Nc3ccc(F)cc3)N2C1c1cc(OC)ccc1OC. The Kier molecular flexibility index (Phi) is 7.64. The zero-order chi connectivity index (χ0) is 25.8. The van der Waals surface area contributed by atoms with Crippen molar-refractivity contribution < 1.29 is 28.2 Å². The molecule has 0 aromatic heterocycles. The quantitative estimate of drug-likeness (QED) is 0.499. The van der Waals surface area contributed by atoms with Crippen LogP contribution < -0.4 is 14.8 Å². The standard InChI is InChI=1S/C26H26FN3O5S/c1-5-35-25(32)23-15(2)28-26-30(24(23)20-13-19(33-3)10-11-21(20)34-4)18(14-36-26)12-22(31)29-17-8-6-16(27)7-9-17/h6-11,13-14,24H,5,12H2,1-4H3,(H,29,31). The highest BCUT2D eigenvalue weighted by Gasteiger charge is 2.42. The van der Waals surface area contributed by atoms with Gasteiger partial charge in [-0.2, -0.15) is 0 Å². The minimum Gasteiger partial charge on any atom is -0.497 e. The smallest absolute Gasteiger partial charge is 0.338 e. The van der Waals surface area contributed by atoms with Crippen LogP contribution in [0.1, 0.15) is 31.9 Å². The second-order valence-electron chi connectivity index (χ2n) is 7.95. The van der Waals surface area contributed by atoms with Crippen LogP contribution in [0.2, 0.25) is 0 Å². The van der Waals surface area contributed by atoms with Crippen molar-refractivity contribution in [1.82, 2.24) is 4.90 Å². The maximum Gasteiger partial charge on any atom is 0.338 e. The molecule has 2 aromatic rings. The number of anilines is 1. The molecule has 0 radical (unpaired) electrons. The van der Waals surface area contributed by atoms with Gasteiger partial charge in [0.25, 0.3) is 0 Å². The molecule has 1 amide bonds. The predicted molar refractivity (Wildman–Crippen MR) is 136 cm³/mol. The number of methoxy groups -OCH3 is 2. The highest BCUT2D eigenvalue weighted by Crippen LogP contribution is 2.47. The van der Waals surface area contributed by atoms with E-state index >= 15 is 0 Å². The summed E-state index contributed by atoms with van der Waals surface area (Å²) in [7, 11) is 3.11. The number of esters is 1. The molecule has 0 fully saturated rings. The molecule has 1 unspecified atom stereocenters. The lowest BCUT2D eigenvalue weighted by Gasteiger charge is -2.36. The maximum atomic E-state index is 13.2. The van der Waals surface area contributed by atoms with E-state index in [0.717, 1.165) is 0 Å². The molecule has 1 N–H and O–H groups in total. The molecule has 2 aromatic carbocycles. The molecule has 0 saturated carbocycles. The number of nitrogens with zero attached hydrogens (tertiary/aromatic N) is 2. The third-order valence-corrected chi connectivity index (χ3v) is 6.59. The van der Waals surface area contributed by atoms with Gasteiger partial charge in [-0.05, 0) is 61.7 Å². The zero-order valence-electron chi connectivity index (χ0n) is 20.3. The van der Waals surface area contributed by atoms with Crippen molar-refractivity contribution >= 4 is 34.5 Å². The summed E-state index contributed by atoms with van der Waals surface area (Å²) in [5.41, 5.74) is 2.66. The highest BCUT2D eigenvalue weighted by atomic mass is 32.2. The summed E-state index contributed by atoms with van der Waals surface area (Å²) < 4.78 is 29.7. The number of benzene rings is 2. The monoisotopic (exact) mass is 511 g/mol. The Morgan fingerprint density at radius 3 is 2.56 bits per heavy atom. The van der Waals surface area contributed by atoms with E-state index in [4.69, 9.17) is 14.2 Å². The van der Waals surface area contributed by atoms with Crippen LogP contribution >= 0.6 is 11.8 Å². The van der Waals surface area contributed by atoms with Gasteiger partial charge in [-0.25, -0.2) is 14.2 Å². The number of hydrogen-bond donors (Lipinski definition) is 1. The van der Waals surface area contributed by atoms with Gasteiger partial charge < -0.3 is 24.4 Å². The van der Waals surface area contributed by atoms with E-state index in [1.54, 1.807) is 46.3 Å². The topological polar surface area (TPSA) is 89.5 Å². The predicted octanol–water partition coefficient (Wildman–Crippen LogP) is 5.01. The first-order valence-corrected chi connectivity index (χ1v) is 12.1. The molecule has 2 aliphatic rings. The molecule has 0 saturated heterocycles. The Labute approximate surface area is 212 Å². The van der Waals surface area contributed by atoms with Crippen LogP contribution in [0, 0.1) is 5.82 Å². The first kappa shape index (κ1) is 25.3. The van der Waals surface area contributed by atoms with Crippen molar-refractivity contribution in [2.75, 3.05) is 26.1 Å². The number of aliphatic imine (C=N–C) groups is 1. The van der Waals surface area contributed by atoms with Crippen LogP contribution in [0.5, 0.6) is 11.5 Å². The number of halogens is 1. The Morgan fingerprint density at radius 2 is 1.89 bits per heavy atom. The average Bonchev–Trinajstić information content (AvgIpc) is 3.25. The van der Waals surface area contributed by atoms with Crippen molar-refractivity contribution in [2.45, 2.75) is 26.3 Å². The third kappa shape index (κ3) is 5.08. The number of hydrogen-bond acceptors (Lipinski definition) is 8. The van der Waals surface area contributed by atoms with Crippen LogP contribution in [0.4, 0.5) is 10.1 Å². The summed E-state index contributed by atoms with van der Waals surface area (Å²) in [5.74, 6) is -0.0543. The molecule has 1 atom stereocenters. The van der Waals surface area contributed by atoms with Crippen LogP contribution in [0.25, 0.3) is 0 Å². The molecule has 8 nitrogen and oxygen atoms in total. The summed E-state index contributed by atoms with van der Waals surface area (Å²) in [6, 6.07) is 10.2. The third-order valence-electron chi connectivity index (χ3n) is 5.70. The van der Waals surface area contributed by atoms with E-state index in [1.807, 2.05) is 10.3 Å². The van der Waals surface area contributed by atoms with Gasteiger partial charge in [-0.15, -0.1) is 0 Å². The highest BCUT2D eigenvalue weighted by molar-refractivity contribution is 8.16. The normalized spacial score (nSPS) is 16.7. The van der Waals surface area contributed by atoms with E-state index in [-0.39, 0.29) is 24.8 Å². The summed E-state index contributed by atoms with van der Waals surface area (Å²) in [5, 5.41) is 5.24. The van der Waals surface area contributed by atoms with E-state index < -0.39 is 12.0 Å². The molecule has 0 aliphatic carbocycles. The Hall–Kier alpha value is -3.79. The minimum atomic E-state index is -0.665. The molecule has 10 heteroatoms. The lowest BCUT2D eigenvalue weighted by molar-refractivity contribution is -0.139. The molecular weight excluding hydrogens is 485 g/mol. The average molecular weight is 512 g/mol. The van der Waals surface area contributed by atoms with Gasteiger partial charge in [0, 0.05) is 16.9 Å². The summed E-state index contributed by atoms with van der Waals surface area (Å²) >= 11 is 1.36. The van der Waals surface area contributed by atoms with Crippen molar-refractivity contribution in [3.05, 3.63) is 76.2 Å². The van der Waals surface area contributed by atoms with E-state index in [2.05, 4.69) is 10.3 Å². The Morgan fingerprint density at radius 1 is 1.14 bits per heavy atom. The van der Waals surface area contributed by atoms with Gasteiger partial charge in [0.05, 0.1) is 44.6 Å². The van der Waals surface area contributed by atoms with Crippen molar-refractivity contribution in [3.8, 4) is 11.5 Å². The largest absolute Gasteiger partial charge is 0.497 e. The second-order valence-corrected chi connectivity index (χ2v) is 8.79. The number of nitrogens with one attached hydrogen (secondary N) is 1. The van der Waals surface area contributed by atoms with E-state index in [9.17, 15) is 14.0 Å². The van der Waals surface area contributed by atoms with E-state index in [1.165, 1.54) is 36.0 Å². The fourth-order valence-corrected chi connectivity index (χ4v) is 5.05. The summed E-state index contributed by atoms with van der Waals surface area (Å²) in [4.78, 5) is 32.5. The van der Waals surface area contributed by atoms with Crippen molar-refractivity contribution in [3.63, 3.8) is 0 Å². The number of ether oxygens (including phenoxy) is 3. The number of allylic oxidation sites excluding steroid dienone is 1. The molecule has 0 bridgehead atoms. The van der Waals surface area contributed by atoms with Crippen LogP contribution in [-0.4, -0.2) is 42.8 Å². The lowest BCUT2D eigenvalue weighted by atomic mass is 9.92. The van der Waals surface area contributed by atoms with Gasteiger partial charge in [-0.3, -0.25) is 4.79 Å². The second kappa shape index (κ2) is 10.9. The number of rotatable bonds is 8. The summed E-state index contributed by atoms with van der Waals surface area (Å²) in [6.45, 7) is 3.70. The zero-order valence-corrected chi connectivity index (χ0v) is 21.1. The van der Waals surface area contributed by atoms with Crippen molar-refractivity contribution in [1.29, 1.82) is 0 Å². The number of amidine groups is 1. The molecule has 188 valence electrons. The van der Waals surface area contributed by atoms with E-state index in [0.29, 0.717) is 44.9 Å². The molecular formula is C26H26FN3O5S. The number of carbonyl (C=O) groups excluding carboxylic acids is 2. The number of amides is 1. The molecule has 2 aliphatic heterocycles. The Bertz CT molecular complexity index is 1270. The Balaban J connectivity index is 1.73. The van der Waals surface area contributed by atoms with Gasteiger partial charge >= 0.3 is 5.97 Å². The van der Waals surface area contributed by atoms with Crippen LogP contribution in [0.3, 0.4) is 0 Å². The molecule has 36 heavy (non-hydrogen) atoms. The molecule has 4 rings (SSSR count). The fraction of sp³-hybridized carbons (Fsp3) is 0.269. The van der Waals surface area contributed by atoms with Crippen LogP contribution in [0.15, 0.2) is 69.8 Å². The van der Waals surface area contributed by atoms with Gasteiger partial charge in [0.1, 0.15) is 17.3 Å².